The first-order valence-electron chi connectivity index (χ1n) is 5.79. The number of hydrogen-bond donors (Lipinski definition) is 1. The van der Waals surface area contributed by atoms with Crippen LogP contribution in [0.5, 0.6) is 0 Å². The minimum absolute atomic E-state index is 0.0379. The fourth-order valence-electron chi connectivity index (χ4n) is 2.73. The fraction of sp³-hybridized carbons (Fsp3) is 0.818. The van der Waals surface area contributed by atoms with Crippen LogP contribution in [0.2, 0.25) is 0 Å². The van der Waals surface area contributed by atoms with Crippen molar-refractivity contribution in [2.75, 3.05) is 19.7 Å². The lowest BCUT2D eigenvalue weighted by Gasteiger charge is -2.17. The Balaban J connectivity index is 1.87. The number of rotatable bonds is 2. The Morgan fingerprint density at radius 3 is 2.31 bits per heavy atom. The van der Waals surface area contributed by atoms with E-state index in [0.29, 0.717) is 31.5 Å². The average Bonchev–Trinajstić information content (AvgIpc) is 2.90. The molecule has 1 amide bonds. The number of carbonyl (C=O) groups excluding carboxylic acids is 1. The summed E-state index contributed by atoms with van der Waals surface area (Å²) in [5.41, 5.74) is 0. The molecule has 0 bridgehead atoms. The van der Waals surface area contributed by atoms with Crippen molar-refractivity contribution >= 4 is 12.1 Å². The van der Waals surface area contributed by atoms with Gasteiger partial charge in [0.1, 0.15) is 0 Å². The van der Waals surface area contributed by atoms with Crippen molar-refractivity contribution in [1.82, 2.24) is 4.90 Å². The molecule has 0 aromatic carbocycles. The van der Waals surface area contributed by atoms with Gasteiger partial charge in [0, 0.05) is 13.1 Å². The van der Waals surface area contributed by atoms with Gasteiger partial charge in [-0.3, -0.25) is 4.79 Å². The summed E-state index contributed by atoms with van der Waals surface area (Å²) >= 11 is 0. The van der Waals surface area contributed by atoms with Crippen LogP contribution in [0.1, 0.15) is 19.8 Å². The first-order chi connectivity index (χ1) is 7.65. The Morgan fingerprint density at radius 1 is 1.31 bits per heavy atom. The van der Waals surface area contributed by atoms with E-state index in [2.05, 4.69) is 0 Å². The number of esters is 1. The number of amides is 1. The highest BCUT2D eigenvalue weighted by atomic mass is 16.5. The third kappa shape index (κ3) is 1.99. The van der Waals surface area contributed by atoms with Crippen LogP contribution in [0.25, 0.3) is 0 Å². The van der Waals surface area contributed by atoms with Crippen LogP contribution < -0.4 is 0 Å². The van der Waals surface area contributed by atoms with E-state index in [4.69, 9.17) is 9.84 Å². The molecule has 1 N–H and O–H groups in total. The largest absolute Gasteiger partial charge is 0.466 e. The molecule has 0 spiro atoms. The van der Waals surface area contributed by atoms with Crippen LogP contribution in [0.4, 0.5) is 4.79 Å². The minimum atomic E-state index is -0.853. The van der Waals surface area contributed by atoms with E-state index in [1.807, 2.05) is 6.92 Å². The predicted octanol–water partition coefficient (Wildman–Crippen LogP) is 1.19. The average molecular weight is 227 g/mol. The Labute approximate surface area is 94.4 Å². The summed E-state index contributed by atoms with van der Waals surface area (Å²) in [6, 6.07) is 0. The van der Waals surface area contributed by atoms with Crippen LogP contribution in [0.3, 0.4) is 0 Å². The van der Waals surface area contributed by atoms with Crippen molar-refractivity contribution in [2.45, 2.75) is 19.8 Å². The molecule has 0 aromatic rings. The fourth-order valence-corrected chi connectivity index (χ4v) is 2.73. The van der Waals surface area contributed by atoms with E-state index in [1.54, 1.807) is 0 Å². The highest BCUT2D eigenvalue weighted by molar-refractivity contribution is 5.76. The van der Waals surface area contributed by atoms with Gasteiger partial charge < -0.3 is 14.7 Å². The van der Waals surface area contributed by atoms with Gasteiger partial charge in [-0.05, 0) is 31.6 Å². The van der Waals surface area contributed by atoms with Crippen molar-refractivity contribution in [1.29, 1.82) is 0 Å². The van der Waals surface area contributed by atoms with Crippen molar-refractivity contribution in [3.8, 4) is 0 Å². The minimum Gasteiger partial charge on any atom is -0.466 e. The molecule has 1 saturated heterocycles. The van der Waals surface area contributed by atoms with Crippen LogP contribution in [0.15, 0.2) is 0 Å². The summed E-state index contributed by atoms with van der Waals surface area (Å²) < 4.78 is 5.00. The van der Waals surface area contributed by atoms with Crippen LogP contribution >= 0.6 is 0 Å². The summed E-state index contributed by atoms with van der Waals surface area (Å²) in [6.07, 6.45) is 0.731. The molecule has 0 aromatic heterocycles. The van der Waals surface area contributed by atoms with Crippen molar-refractivity contribution in [3.05, 3.63) is 0 Å². The van der Waals surface area contributed by atoms with E-state index >= 15 is 0 Å². The third-order valence-corrected chi connectivity index (χ3v) is 3.63. The summed E-state index contributed by atoms with van der Waals surface area (Å²) in [7, 11) is 0. The number of nitrogens with zero attached hydrogens (tertiary/aromatic N) is 1. The highest BCUT2D eigenvalue weighted by Gasteiger charge is 2.55. The van der Waals surface area contributed by atoms with Crippen LogP contribution in [0, 0.1) is 17.8 Å². The molecule has 0 radical (unpaired) electrons. The van der Waals surface area contributed by atoms with Gasteiger partial charge in [0.15, 0.2) is 0 Å². The van der Waals surface area contributed by atoms with Gasteiger partial charge in [0.05, 0.1) is 12.5 Å². The second kappa shape index (κ2) is 4.31. The lowest BCUT2D eigenvalue weighted by atomic mass is 10.2. The summed E-state index contributed by atoms with van der Waals surface area (Å²) in [5.74, 6) is 0.643. The molecule has 1 aliphatic carbocycles. The SMILES string of the molecule is CCOC(=O)C1C2CCN(C(=O)O)CCC21. The monoisotopic (exact) mass is 227 g/mol. The Morgan fingerprint density at radius 2 is 1.88 bits per heavy atom. The molecule has 1 aliphatic heterocycles. The van der Waals surface area contributed by atoms with Crippen molar-refractivity contribution < 1.29 is 19.4 Å². The zero-order chi connectivity index (χ0) is 11.7. The van der Waals surface area contributed by atoms with Gasteiger partial charge in [-0.1, -0.05) is 0 Å². The third-order valence-electron chi connectivity index (χ3n) is 3.63. The maximum Gasteiger partial charge on any atom is 0.407 e. The first kappa shape index (κ1) is 11.2. The maximum absolute atomic E-state index is 11.5. The highest BCUT2D eigenvalue weighted by Crippen LogP contribution is 2.52. The lowest BCUT2D eigenvalue weighted by Crippen LogP contribution is -2.31. The number of fused-ring (bicyclic) bond motifs is 1. The molecule has 5 nitrogen and oxygen atoms in total. The van der Waals surface area contributed by atoms with Crippen LogP contribution in [-0.2, 0) is 9.53 Å². The normalized spacial score (nSPS) is 32.6. The van der Waals surface area contributed by atoms with Crippen molar-refractivity contribution in [2.24, 2.45) is 17.8 Å². The zero-order valence-electron chi connectivity index (χ0n) is 9.39. The summed E-state index contributed by atoms with van der Waals surface area (Å²) in [6.45, 7) is 3.33. The molecule has 1 heterocycles. The number of carboxylic acid groups (broad SMARTS) is 1. The molecule has 1 saturated carbocycles. The zero-order valence-corrected chi connectivity index (χ0v) is 9.39. The molecule has 16 heavy (non-hydrogen) atoms. The lowest BCUT2D eigenvalue weighted by molar-refractivity contribution is -0.145. The van der Waals surface area contributed by atoms with E-state index < -0.39 is 6.09 Å². The van der Waals surface area contributed by atoms with Crippen molar-refractivity contribution in [3.63, 3.8) is 0 Å². The van der Waals surface area contributed by atoms with Gasteiger partial charge in [0.25, 0.3) is 0 Å². The molecule has 2 atom stereocenters. The van der Waals surface area contributed by atoms with Gasteiger partial charge in [0.2, 0.25) is 0 Å². The first-order valence-corrected chi connectivity index (χ1v) is 5.79. The summed E-state index contributed by atoms with van der Waals surface area (Å²) in [5, 5.41) is 8.86. The van der Waals surface area contributed by atoms with Gasteiger partial charge in [-0.15, -0.1) is 0 Å². The van der Waals surface area contributed by atoms with Gasteiger partial charge in [-0.25, -0.2) is 4.79 Å². The second-order valence-corrected chi connectivity index (χ2v) is 4.45. The molecule has 2 rings (SSSR count). The standard InChI is InChI=1S/C11H17NO4/c1-2-16-10(13)9-7-3-5-12(11(14)15)6-4-8(7)9/h7-9H,2-6H2,1H3,(H,14,15). The molecule has 2 fully saturated rings. The molecule has 2 unspecified atom stereocenters. The Kier molecular flexibility index (Phi) is 3.03. The quantitative estimate of drug-likeness (QED) is 0.719. The number of carbonyl (C=O) groups is 2. The van der Waals surface area contributed by atoms with E-state index in [0.717, 1.165) is 12.8 Å². The number of likely N-dealkylation sites (tertiary alicyclic amines) is 1. The van der Waals surface area contributed by atoms with Gasteiger partial charge in [-0.2, -0.15) is 0 Å². The van der Waals surface area contributed by atoms with Gasteiger partial charge >= 0.3 is 12.1 Å². The smallest absolute Gasteiger partial charge is 0.407 e. The van der Waals surface area contributed by atoms with E-state index in [9.17, 15) is 9.59 Å². The second-order valence-electron chi connectivity index (χ2n) is 4.45. The summed E-state index contributed by atoms with van der Waals surface area (Å²) in [4.78, 5) is 23.8. The maximum atomic E-state index is 11.5. The van der Waals surface area contributed by atoms with E-state index in [1.165, 1.54) is 4.90 Å². The molecular weight excluding hydrogens is 210 g/mol. The Bertz CT molecular complexity index is 290. The molecule has 2 aliphatic rings. The van der Waals surface area contributed by atoms with E-state index in [-0.39, 0.29) is 11.9 Å². The molecular formula is C11H17NO4. The number of ether oxygens (including phenoxy) is 1. The molecule has 90 valence electrons. The number of hydrogen-bond acceptors (Lipinski definition) is 3. The predicted molar refractivity (Wildman–Crippen MR) is 55.9 cm³/mol. The van der Waals surface area contributed by atoms with Crippen LogP contribution in [-0.4, -0.2) is 41.8 Å². The Hall–Kier alpha value is -1.26. The topological polar surface area (TPSA) is 66.8 Å². The molecule has 5 heteroatoms.